The van der Waals surface area contributed by atoms with Gasteiger partial charge in [-0.3, -0.25) is 0 Å². The molecule has 2 nitrogen and oxygen atoms in total. The Morgan fingerprint density at radius 1 is 1.27 bits per heavy atom. The maximum atomic E-state index is 9.65. The molecule has 2 heteroatoms. The third-order valence-electron chi connectivity index (χ3n) is 2.83. The van der Waals surface area contributed by atoms with Gasteiger partial charge in [0.05, 0.1) is 5.60 Å². The molecular weight excluding hydrogens is 140 g/mol. The van der Waals surface area contributed by atoms with Crippen molar-refractivity contribution in [3.8, 4) is 0 Å². The van der Waals surface area contributed by atoms with Crippen molar-refractivity contribution < 1.29 is 10.2 Å². The highest BCUT2D eigenvalue weighted by Gasteiger charge is 2.55. The molecule has 0 aromatic carbocycles. The van der Waals surface area contributed by atoms with Gasteiger partial charge in [-0.05, 0) is 31.6 Å². The number of aliphatic hydroxyl groups is 2. The van der Waals surface area contributed by atoms with Crippen LogP contribution < -0.4 is 0 Å². The highest BCUT2D eigenvalue weighted by atomic mass is 16.3. The molecule has 66 valence electrons. The third-order valence-corrected chi connectivity index (χ3v) is 2.83. The summed E-state index contributed by atoms with van der Waals surface area (Å²) in [5.74, 6) is 1.21. The lowest BCUT2D eigenvalue weighted by Gasteiger charge is -2.17. The molecule has 2 N–H and O–H groups in total. The van der Waals surface area contributed by atoms with E-state index in [-0.39, 0.29) is 6.61 Å². The van der Waals surface area contributed by atoms with Gasteiger partial charge >= 0.3 is 0 Å². The Labute approximate surface area is 68.2 Å². The second-order valence-electron chi connectivity index (χ2n) is 4.10. The molecule has 3 unspecified atom stereocenters. The molecule has 0 heterocycles. The first-order valence-corrected chi connectivity index (χ1v) is 4.35. The number of hydrogen-bond donors (Lipinski definition) is 2. The third kappa shape index (κ3) is 1.57. The van der Waals surface area contributed by atoms with Crippen LogP contribution in [0.5, 0.6) is 0 Å². The van der Waals surface area contributed by atoms with Crippen molar-refractivity contribution in [1.29, 1.82) is 0 Å². The van der Waals surface area contributed by atoms with Crippen LogP contribution in [0, 0.1) is 17.8 Å². The summed E-state index contributed by atoms with van der Waals surface area (Å²) in [6.07, 6.45) is 1.07. The van der Waals surface area contributed by atoms with E-state index in [4.69, 9.17) is 5.11 Å². The minimum absolute atomic E-state index is 0.229. The number of hydrogen-bond acceptors (Lipinski definition) is 2. The van der Waals surface area contributed by atoms with Gasteiger partial charge in [0.15, 0.2) is 0 Å². The van der Waals surface area contributed by atoms with E-state index in [1.54, 1.807) is 0 Å². The van der Waals surface area contributed by atoms with Crippen LogP contribution in [0.15, 0.2) is 0 Å². The Hall–Kier alpha value is -0.0800. The van der Waals surface area contributed by atoms with Gasteiger partial charge in [-0.15, -0.1) is 0 Å². The number of rotatable bonds is 3. The van der Waals surface area contributed by atoms with Gasteiger partial charge in [0.1, 0.15) is 0 Å². The second kappa shape index (κ2) is 2.76. The van der Waals surface area contributed by atoms with Gasteiger partial charge in [-0.2, -0.15) is 0 Å². The summed E-state index contributed by atoms with van der Waals surface area (Å²) in [6, 6.07) is 0. The minimum atomic E-state index is -0.603. The fourth-order valence-electron chi connectivity index (χ4n) is 2.30. The van der Waals surface area contributed by atoms with Gasteiger partial charge in [0.2, 0.25) is 0 Å². The smallest absolute Gasteiger partial charge is 0.0626 e. The molecule has 0 aromatic rings. The van der Waals surface area contributed by atoms with Gasteiger partial charge in [0.25, 0.3) is 0 Å². The van der Waals surface area contributed by atoms with Gasteiger partial charge in [-0.1, -0.05) is 13.3 Å². The first kappa shape index (κ1) is 9.01. The average Bonchev–Trinajstić information content (AvgIpc) is 2.58. The summed E-state index contributed by atoms with van der Waals surface area (Å²) >= 11 is 0. The molecule has 0 aromatic heterocycles. The molecule has 0 amide bonds. The fourth-order valence-corrected chi connectivity index (χ4v) is 2.30. The molecule has 11 heavy (non-hydrogen) atoms. The van der Waals surface area contributed by atoms with E-state index >= 15 is 0 Å². The van der Waals surface area contributed by atoms with E-state index in [1.807, 2.05) is 13.8 Å². The molecule has 1 rings (SSSR count). The monoisotopic (exact) mass is 158 g/mol. The zero-order chi connectivity index (χ0) is 8.65. The Morgan fingerprint density at radius 3 is 1.91 bits per heavy atom. The summed E-state index contributed by atoms with van der Waals surface area (Å²) < 4.78 is 0. The summed E-state index contributed by atoms with van der Waals surface area (Å²) in [5, 5.41) is 18.6. The Bertz CT molecular complexity index is 127. The van der Waals surface area contributed by atoms with Crippen LogP contribution in [0.1, 0.15) is 27.2 Å². The molecule has 0 saturated heterocycles. The molecule has 1 aliphatic rings. The van der Waals surface area contributed by atoms with E-state index < -0.39 is 5.60 Å². The highest BCUT2D eigenvalue weighted by molar-refractivity contribution is 5.03. The van der Waals surface area contributed by atoms with Crippen molar-refractivity contribution in [2.45, 2.75) is 32.8 Å². The van der Waals surface area contributed by atoms with Crippen LogP contribution in [-0.4, -0.2) is 22.4 Å². The van der Waals surface area contributed by atoms with Crippen LogP contribution in [0.3, 0.4) is 0 Å². The molecule has 0 spiro atoms. The molecule has 1 fully saturated rings. The maximum absolute atomic E-state index is 9.65. The van der Waals surface area contributed by atoms with Crippen LogP contribution >= 0.6 is 0 Å². The molecule has 0 radical (unpaired) electrons. The summed E-state index contributed by atoms with van der Waals surface area (Å²) in [5.41, 5.74) is -0.603. The lowest BCUT2D eigenvalue weighted by Crippen LogP contribution is -2.23. The Balaban J connectivity index is 2.51. The largest absolute Gasteiger partial charge is 0.396 e. The summed E-state index contributed by atoms with van der Waals surface area (Å²) in [6.45, 7) is 6.00. The second-order valence-corrected chi connectivity index (χ2v) is 4.10. The molecule has 0 bridgehead atoms. The summed E-state index contributed by atoms with van der Waals surface area (Å²) in [7, 11) is 0. The van der Waals surface area contributed by atoms with Crippen molar-refractivity contribution in [3.63, 3.8) is 0 Å². The SMILES string of the molecule is CCC1C(CO)C1C(C)(C)O. The van der Waals surface area contributed by atoms with Crippen LogP contribution in [0.2, 0.25) is 0 Å². The first-order valence-electron chi connectivity index (χ1n) is 4.35. The zero-order valence-electron chi connectivity index (χ0n) is 7.54. The molecule has 0 aliphatic heterocycles. The van der Waals surface area contributed by atoms with Crippen molar-refractivity contribution in [2.24, 2.45) is 17.8 Å². The summed E-state index contributed by atoms with van der Waals surface area (Å²) in [4.78, 5) is 0. The van der Waals surface area contributed by atoms with Gasteiger partial charge < -0.3 is 10.2 Å². The maximum Gasteiger partial charge on any atom is 0.0626 e. The average molecular weight is 158 g/mol. The lowest BCUT2D eigenvalue weighted by molar-refractivity contribution is 0.0430. The standard InChI is InChI=1S/C9H18O2/c1-4-6-7(5-10)8(6)9(2,3)11/h6-8,10-11H,4-5H2,1-3H3. The van der Waals surface area contributed by atoms with Crippen LogP contribution in [0.4, 0.5) is 0 Å². The normalized spacial score (nSPS) is 37.4. The van der Waals surface area contributed by atoms with Crippen molar-refractivity contribution in [2.75, 3.05) is 6.61 Å². The van der Waals surface area contributed by atoms with E-state index in [9.17, 15) is 5.11 Å². The van der Waals surface area contributed by atoms with E-state index in [0.29, 0.717) is 17.8 Å². The first-order chi connectivity index (χ1) is 5.02. The fraction of sp³-hybridized carbons (Fsp3) is 1.00. The quantitative estimate of drug-likeness (QED) is 0.644. The van der Waals surface area contributed by atoms with E-state index in [2.05, 4.69) is 6.92 Å². The lowest BCUT2D eigenvalue weighted by atomic mass is 10.0. The predicted molar refractivity (Wildman–Crippen MR) is 44.1 cm³/mol. The number of aliphatic hydroxyl groups excluding tert-OH is 1. The van der Waals surface area contributed by atoms with E-state index in [1.165, 1.54) is 0 Å². The van der Waals surface area contributed by atoms with Crippen molar-refractivity contribution in [1.82, 2.24) is 0 Å². The topological polar surface area (TPSA) is 40.5 Å². The highest BCUT2D eigenvalue weighted by Crippen LogP contribution is 2.53. The van der Waals surface area contributed by atoms with Crippen molar-refractivity contribution >= 4 is 0 Å². The van der Waals surface area contributed by atoms with Crippen LogP contribution in [0.25, 0.3) is 0 Å². The molecule has 1 saturated carbocycles. The zero-order valence-corrected chi connectivity index (χ0v) is 7.54. The van der Waals surface area contributed by atoms with Gasteiger partial charge in [-0.25, -0.2) is 0 Å². The molecular formula is C9H18O2. The van der Waals surface area contributed by atoms with Gasteiger partial charge in [0, 0.05) is 6.61 Å². The molecule has 1 aliphatic carbocycles. The Kier molecular flexibility index (Phi) is 2.26. The Morgan fingerprint density at radius 2 is 1.82 bits per heavy atom. The van der Waals surface area contributed by atoms with E-state index in [0.717, 1.165) is 6.42 Å². The predicted octanol–water partition coefficient (Wildman–Crippen LogP) is 1.02. The molecule has 3 atom stereocenters. The van der Waals surface area contributed by atoms with Crippen LogP contribution in [-0.2, 0) is 0 Å². The minimum Gasteiger partial charge on any atom is -0.396 e. The van der Waals surface area contributed by atoms with Crippen molar-refractivity contribution in [3.05, 3.63) is 0 Å².